The number of benzene rings is 2. The van der Waals surface area contributed by atoms with Gasteiger partial charge >= 0.3 is 5.91 Å². The molecule has 146 valence electrons. The van der Waals surface area contributed by atoms with Crippen molar-refractivity contribution >= 4 is 34.1 Å². The van der Waals surface area contributed by atoms with Crippen molar-refractivity contribution in [1.29, 1.82) is 0 Å². The minimum Gasteiger partial charge on any atom is -0.493 e. The summed E-state index contributed by atoms with van der Waals surface area (Å²) in [5, 5.41) is 19.7. The SMILES string of the molecule is Cc1cc(Cl)ccc1OC(C)C(=O)N=Nc1c(O)n(C(C)C)c2ccccc12. The summed E-state index contributed by atoms with van der Waals surface area (Å²) in [6, 6.07) is 12.7. The summed E-state index contributed by atoms with van der Waals surface area (Å²) in [7, 11) is 0. The fourth-order valence-corrected chi connectivity index (χ4v) is 3.25. The molecule has 2 aromatic carbocycles. The van der Waals surface area contributed by atoms with Gasteiger partial charge in [0.05, 0.1) is 5.52 Å². The lowest BCUT2D eigenvalue weighted by atomic mass is 10.2. The number of aryl methyl sites for hydroxylation is 1. The summed E-state index contributed by atoms with van der Waals surface area (Å²) in [5.74, 6) is -0.00953. The van der Waals surface area contributed by atoms with Crippen LogP contribution in [0.3, 0.4) is 0 Å². The highest BCUT2D eigenvalue weighted by atomic mass is 35.5. The lowest BCUT2D eigenvalue weighted by Crippen LogP contribution is -2.21. The lowest BCUT2D eigenvalue weighted by molar-refractivity contribution is -0.124. The number of fused-ring (bicyclic) bond motifs is 1. The zero-order chi connectivity index (χ0) is 20.4. The van der Waals surface area contributed by atoms with Gasteiger partial charge in [-0.05, 0) is 57.5 Å². The fourth-order valence-electron chi connectivity index (χ4n) is 3.02. The monoisotopic (exact) mass is 399 g/mol. The molecular weight excluding hydrogens is 378 g/mol. The minimum atomic E-state index is -0.829. The van der Waals surface area contributed by atoms with E-state index in [0.717, 1.165) is 16.5 Å². The van der Waals surface area contributed by atoms with Crippen LogP contribution in [0.4, 0.5) is 5.69 Å². The van der Waals surface area contributed by atoms with Gasteiger partial charge in [0.15, 0.2) is 11.8 Å². The first-order chi connectivity index (χ1) is 13.3. The number of amides is 1. The van der Waals surface area contributed by atoms with E-state index in [4.69, 9.17) is 16.3 Å². The molecule has 1 atom stereocenters. The molecule has 0 fully saturated rings. The van der Waals surface area contributed by atoms with Crippen molar-refractivity contribution in [1.82, 2.24) is 4.57 Å². The van der Waals surface area contributed by atoms with E-state index in [-0.39, 0.29) is 17.6 Å². The van der Waals surface area contributed by atoms with Crippen molar-refractivity contribution in [3.63, 3.8) is 0 Å². The van der Waals surface area contributed by atoms with Crippen LogP contribution in [0, 0.1) is 6.92 Å². The molecule has 0 saturated carbocycles. The number of rotatable bonds is 5. The number of nitrogens with zero attached hydrogens (tertiary/aromatic N) is 3. The molecule has 0 saturated heterocycles. The van der Waals surface area contributed by atoms with Crippen LogP contribution in [-0.2, 0) is 4.79 Å². The van der Waals surface area contributed by atoms with Gasteiger partial charge in [0.2, 0.25) is 5.88 Å². The number of halogens is 1. The molecule has 1 aromatic heterocycles. The standard InChI is InChI=1S/C21H22ClN3O3/c1-12(2)25-17-8-6-5-7-16(17)19(21(25)27)23-24-20(26)14(4)28-18-10-9-15(22)11-13(18)3/h5-12,14,27H,1-4H3. The zero-order valence-corrected chi connectivity index (χ0v) is 16.9. The third-order valence-corrected chi connectivity index (χ3v) is 4.65. The van der Waals surface area contributed by atoms with Crippen LogP contribution in [0.25, 0.3) is 10.9 Å². The van der Waals surface area contributed by atoms with Crippen molar-refractivity contribution in [2.24, 2.45) is 10.2 Å². The Hall–Kier alpha value is -2.86. The molecule has 0 aliphatic heterocycles. The van der Waals surface area contributed by atoms with E-state index < -0.39 is 12.0 Å². The van der Waals surface area contributed by atoms with Crippen molar-refractivity contribution in [3.8, 4) is 11.6 Å². The lowest BCUT2D eigenvalue weighted by Gasteiger charge is -2.13. The van der Waals surface area contributed by atoms with Crippen LogP contribution in [0.2, 0.25) is 5.02 Å². The van der Waals surface area contributed by atoms with Crippen LogP contribution < -0.4 is 4.74 Å². The molecule has 7 heteroatoms. The predicted molar refractivity (Wildman–Crippen MR) is 110 cm³/mol. The Morgan fingerprint density at radius 2 is 1.89 bits per heavy atom. The normalized spacial score (nSPS) is 12.8. The highest BCUT2D eigenvalue weighted by Crippen LogP contribution is 2.40. The van der Waals surface area contributed by atoms with Gasteiger partial charge in [-0.3, -0.25) is 4.79 Å². The summed E-state index contributed by atoms with van der Waals surface area (Å²) in [6.07, 6.45) is -0.829. The van der Waals surface area contributed by atoms with Crippen molar-refractivity contribution < 1.29 is 14.6 Å². The third kappa shape index (κ3) is 3.87. The van der Waals surface area contributed by atoms with Gasteiger partial charge in [-0.1, -0.05) is 29.8 Å². The number of azo groups is 1. The van der Waals surface area contributed by atoms with Crippen LogP contribution in [0.15, 0.2) is 52.7 Å². The number of aromatic hydroxyl groups is 1. The Labute approximate surface area is 168 Å². The molecule has 28 heavy (non-hydrogen) atoms. The van der Waals surface area contributed by atoms with E-state index in [2.05, 4.69) is 10.2 Å². The van der Waals surface area contributed by atoms with E-state index in [1.807, 2.05) is 45.0 Å². The molecule has 1 heterocycles. The second-order valence-electron chi connectivity index (χ2n) is 6.86. The Morgan fingerprint density at radius 3 is 2.57 bits per heavy atom. The number of ether oxygens (including phenoxy) is 1. The van der Waals surface area contributed by atoms with E-state index in [1.165, 1.54) is 0 Å². The number of carbonyl (C=O) groups is 1. The smallest absolute Gasteiger partial charge is 0.304 e. The molecule has 1 N–H and O–H groups in total. The molecule has 0 aliphatic rings. The largest absolute Gasteiger partial charge is 0.493 e. The number of para-hydroxylation sites is 1. The number of hydrogen-bond acceptors (Lipinski definition) is 4. The summed E-state index contributed by atoms with van der Waals surface area (Å²) in [4.78, 5) is 12.4. The van der Waals surface area contributed by atoms with Crippen molar-refractivity contribution in [2.45, 2.75) is 39.8 Å². The Bertz CT molecular complexity index is 1060. The Kier molecular flexibility index (Phi) is 5.70. The first-order valence-electron chi connectivity index (χ1n) is 9.00. The molecule has 1 amide bonds. The second-order valence-corrected chi connectivity index (χ2v) is 7.30. The molecule has 0 aliphatic carbocycles. The third-order valence-electron chi connectivity index (χ3n) is 4.41. The average Bonchev–Trinajstić information content (AvgIpc) is 2.93. The van der Waals surface area contributed by atoms with E-state index >= 15 is 0 Å². The maximum absolute atomic E-state index is 12.4. The predicted octanol–water partition coefficient (Wildman–Crippen LogP) is 5.97. The molecular formula is C21H22ClN3O3. The topological polar surface area (TPSA) is 76.2 Å². The summed E-state index contributed by atoms with van der Waals surface area (Å²) >= 11 is 5.94. The van der Waals surface area contributed by atoms with Crippen molar-refractivity contribution in [2.75, 3.05) is 0 Å². The highest BCUT2D eigenvalue weighted by Gasteiger charge is 2.20. The van der Waals surface area contributed by atoms with Crippen LogP contribution in [0.1, 0.15) is 32.4 Å². The van der Waals surface area contributed by atoms with Gasteiger partial charge in [0.25, 0.3) is 0 Å². The summed E-state index contributed by atoms with van der Waals surface area (Å²) in [6.45, 7) is 7.37. The minimum absolute atomic E-state index is 0.0186. The molecule has 1 unspecified atom stereocenters. The van der Waals surface area contributed by atoms with E-state index in [1.54, 1.807) is 29.7 Å². The van der Waals surface area contributed by atoms with Gasteiger partial charge < -0.3 is 14.4 Å². The number of aromatic nitrogens is 1. The van der Waals surface area contributed by atoms with Gasteiger partial charge in [0, 0.05) is 16.5 Å². The van der Waals surface area contributed by atoms with Crippen LogP contribution >= 0.6 is 11.6 Å². The van der Waals surface area contributed by atoms with Crippen LogP contribution in [-0.4, -0.2) is 21.7 Å². The maximum Gasteiger partial charge on any atom is 0.304 e. The first-order valence-corrected chi connectivity index (χ1v) is 9.37. The Morgan fingerprint density at radius 1 is 1.18 bits per heavy atom. The highest BCUT2D eigenvalue weighted by molar-refractivity contribution is 6.30. The van der Waals surface area contributed by atoms with Gasteiger partial charge in [-0.25, -0.2) is 0 Å². The maximum atomic E-state index is 12.4. The van der Waals surface area contributed by atoms with E-state index in [9.17, 15) is 9.90 Å². The summed E-state index contributed by atoms with van der Waals surface area (Å²) < 4.78 is 7.44. The number of hydrogen-bond donors (Lipinski definition) is 1. The molecule has 0 radical (unpaired) electrons. The molecule has 3 rings (SSSR count). The van der Waals surface area contributed by atoms with Gasteiger partial charge in [-0.2, -0.15) is 0 Å². The fraction of sp³-hybridized carbons (Fsp3) is 0.286. The molecule has 3 aromatic rings. The Balaban J connectivity index is 1.85. The first kappa shape index (κ1) is 19.9. The van der Waals surface area contributed by atoms with Gasteiger partial charge in [-0.15, -0.1) is 10.2 Å². The second kappa shape index (κ2) is 8.02. The van der Waals surface area contributed by atoms with Crippen LogP contribution in [0.5, 0.6) is 11.6 Å². The molecule has 6 nitrogen and oxygen atoms in total. The van der Waals surface area contributed by atoms with E-state index in [0.29, 0.717) is 10.8 Å². The molecule has 0 bridgehead atoms. The quantitative estimate of drug-likeness (QED) is 0.537. The molecule has 0 spiro atoms. The zero-order valence-electron chi connectivity index (χ0n) is 16.2. The number of carbonyl (C=O) groups excluding carboxylic acids is 1. The summed E-state index contributed by atoms with van der Waals surface area (Å²) in [5.41, 5.74) is 1.92. The van der Waals surface area contributed by atoms with Crippen molar-refractivity contribution in [3.05, 3.63) is 53.1 Å². The average molecular weight is 400 g/mol. The van der Waals surface area contributed by atoms with Gasteiger partial charge in [0.1, 0.15) is 5.75 Å².